The highest BCUT2D eigenvalue weighted by Gasteiger charge is 2.21. The van der Waals surface area contributed by atoms with Crippen molar-refractivity contribution in [3.8, 4) is 17.2 Å². The Bertz CT molecular complexity index is 1220. The number of carbonyl (C=O) groups excluding carboxylic acids is 2. The highest BCUT2D eigenvalue weighted by Crippen LogP contribution is 2.28. The lowest BCUT2D eigenvalue weighted by molar-refractivity contribution is 0.102. The SMILES string of the molecule is COc1cc(F)c(NC(=O)c2ccc(OC)c(C(=O)Nc3c(F)cc(OC)cc3F)c2)c(F)c1. The van der Waals surface area contributed by atoms with Crippen molar-refractivity contribution >= 4 is 23.2 Å². The minimum absolute atomic E-state index is 0.0230. The molecule has 0 fully saturated rings. The van der Waals surface area contributed by atoms with Crippen molar-refractivity contribution in [1.82, 2.24) is 0 Å². The predicted molar refractivity (Wildman–Crippen MR) is 115 cm³/mol. The lowest BCUT2D eigenvalue weighted by Gasteiger charge is -2.13. The minimum atomic E-state index is -1.09. The summed E-state index contributed by atoms with van der Waals surface area (Å²) < 4.78 is 71.4. The first kappa shape index (κ1) is 24.4. The van der Waals surface area contributed by atoms with Gasteiger partial charge in [0, 0.05) is 29.8 Å². The number of amides is 2. The van der Waals surface area contributed by atoms with Gasteiger partial charge in [-0.25, -0.2) is 17.6 Å². The van der Waals surface area contributed by atoms with Gasteiger partial charge >= 0.3 is 0 Å². The molecule has 0 atom stereocenters. The summed E-state index contributed by atoms with van der Waals surface area (Å²) in [6, 6.07) is 7.02. The Morgan fingerprint density at radius 1 is 0.647 bits per heavy atom. The minimum Gasteiger partial charge on any atom is -0.497 e. The third kappa shape index (κ3) is 5.03. The summed E-state index contributed by atoms with van der Waals surface area (Å²) in [6.45, 7) is 0. The summed E-state index contributed by atoms with van der Waals surface area (Å²) in [5, 5.41) is 4.16. The van der Waals surface area contributed by atoms with Gasteiger partial charge < -0.3 is 24.8 Å². The zero-order chi connectivity index (χ0) is 25.0. The number of anilines is 2. The number of ether oxygens (including phenoxy) is 3. The molecule has 0 unspecified atom stereocenters. The van der Waals surface area contributed by atoms with Gasteiger partial charge in [0.2, 0.25) is 0 Å². The Balaban J connectivity index is 1.90. The monoisotopic (exact) mass is 478 g/mol. The molecule has 0 aliphatic rings. The lowest BCUT2D eigenvalue weighted by Crippen LogP contribution is -2.18. The van der Waals surface area contributed by atoms with Gasteiger partial charge in [-0.3, -0.25) is 9.59 Å². The summed E-state index contributed by atoms with van der Waals surface area (Å²) in [4.78, 5) is 25.3. The van der Waals surface area contributed by atoms with Crippen molar-refractivity contribution in [3.63, 3.8) is 0 Å². The first-order valence-corrected chi connectivity index (χ1v) is 9.55. The maximum atomic E-state index is 14.2. The van der Waals surface area contributed by atoms with Crippen LogP contribution < -0.4 is 24.8 Å². The first-order valence-electron chi connectivity index (χ1n) is 9.55. The largest absolute Gasteiger partial charge is 0.497 e. The molecule has 3 rings (SSSR count). The van der Waals surface area contributed by atoms with E-state index in [0.717, 1.165) is 30.3 Å². The van der Waals surface area contributed by atoms with E-state index in [1.807, 2.05) is 0 Å². The third-order valence-corrected chi connectivity index (χ3v) is 4.69. The van der Waals surface area contributed by atoms with Gasteiger partial charge in [-0.2, -0.15) is 0 Å². The lowest BCUT2D eigenvalue weighted by atomic mass is 10.1. The zero-order valence-corrected chi connectivity index (χ0v) is 18.1. The van der Waals surface area contributed by atoms with Gasteiger partial charge in [-0.15, -0.1) is 0 Å². The van der Waals surface area contributed by atoms with Crippen LogP contribution >= 0.6 is 0 Å². The van der Waals surface area contributed by atoms with Crippen LogP contribution in [0.2, 0.25) is 0 Å². The number of benzene rings is 3. The van der Waals surface area contributed by atoms with Gasteiger partial charge in [-0.05, 0) is 18.2 Å². The summed E-state index contributed by atoms with van der Waals surface area (Å²) in [7, 11) is 3.68. The molecular formula is C23H18F4N2O5. The quantitative estimate of drug-likeness (QED) is 0.478. The highest BCUT2D eigenvalue weighted by molar-refractivity contribution is 6.10. The van der Waals surface area contributed by atoms with Crippen LogP contribution in [0.25, 0.3) is 0 Å². The average Bonchev–Trinajstić information content (AvgIpc) is 2.82. The van der Waals surface area contributed by atoms with Gasteiger partial charge in [0.1, 0.15) is 28.6 Å². The van der Waals surface area contributed by atoms with Gasteiger partial charge in [0.15, 0.2) is 23.3 Å². The fourth-order valence-corrected chi connectivity index (χ4v) is 2.97. The van der Waals surface area contributed by atoms with Crippen LogP contribution in [0, 0.1) is 23.3 Å². The third-order valence-electron chi connectivity index (χ3n) is 4.69. The number of nitrogens with one attached hydrogen (secondary N) is 2. The summed E-state index contributed by atoms with van der Waals surface area (Å²) >= 11 is 0. The number of hydrogen-bond acceptors (Lipinski definition) is 5. The molecule has 0 bridgehead atoms. The molecule has 0 saturated carbocycles. The highest BCUT2D eigenvalue weighted by atomic mass is 19.1. The second-order valence-corrected chi connectivity index (χ2v) is 6.76. The predicted octanol–water partition coefficient (Wildman–Crippen LogP) is 4.77. The van der Waals surface area contributed by atoms with E-state index in [-0.39, 0.29) is 28.4 Å². The molecule has 3 aromatic rings. The van der Waals surface area contributed by atoms with Crippen molar-refractivity contribution in [3.05, 3.63) is 76.9 Å². The van der Waals surface area contributed by atoms with E-state index in [4.69, 9.17) is 14.2 Å². The summed E-state index contributed by atoms with van der Waals surface area (Å²) in [5.74, 6) is -6.52. The standard InChI is InChI=1S/C23H18F4N2O5/c1-32-12-7-15(24)20(16(25)8-12)28-22(30)11-4-5-19(34-3)14(6-11)23(31)29-21-17(26)9-13(33-2)10-18(21)27/h4-10H,1-3H3,(H,28,30)(H,29,31). The van der Waals surface area contributed by atoms with Crippen LogP contribution in [-0.4, -0.2) is 33.1 Å². The van der Waals surface area contributed by atoms with Crippen molar-refractivity contribution in [2.75, 3.05) is 32.0 Å². The number of halogens is 4. The van der Waals surface area contributed by atoms with E-state index >= 15 is 0 Å². The fourth-order valence-electron chi connectivity index (χ4n) is 2.97. The smallest absolute Gasteiger partial charge is 0.259 e. The van der Waals surface area contributed by atoms with Crippen LogP contribution in [-0.2, 0) is 0 Å². The second kappa shape index (κ2) is 10.1. The maximum Gasteiger partial charge on any atom is 0.259 e. The normalized spacial score (nSPS) is 10.4. The topological polar surface area (TPSA) is 85.9 Å². The van der Waals surface area contributed by atoms with Crippen LogP contribution in [0.15, 0.2) is 42.5 Å². The molecule has 0 heterocycles. The van der Waals surface area contributed by atoms with Crippen LogP contribution in [0.4, 0.5) is 28.9 Å². The van der Waals surface area contributed by atoms with E-state index < -0.39 is 46.5 Å². The number of methoxy groups -OCH3 is 3. The molecule has 178 valence electrons. The summed E-state index contributed by atoms with van der Waals surface area (Å²) in [6.07, 6.45) is 0. The molecule has 11 heteroatoms. The Kier molecular flexibility index (Phi) is 7.24. The Morgan fingerprint density at radius 3 is 1.50 bits per heavy atom. The second-order valence-electron chi connectivity index (χ2n) is 6.76. The Labute approximate surface area is 191 Å². The molecule has 34 heavy (non-hydrogen) atoms. The van der Waals surface area contributed by atoms with Crippen LogP contribution in [0.3, 0.4) is 0 Å². The average molecular weight is 478 g/mol. The maximum absolute atomic E-state index is 14.2. The van der Waals surface area contributed by atoms with E-state index in [0.29, 0.717) is 0 Å². The van der Waals surface area contributed by atoms with Crippen molar-refractivity contribution in [2.24, 2.45) is 0 Å². The number of hydrogen-bond donors (Lipinski definition) is 2. The molecule has 0 aromatic heterocycles. The van der Waals surface area contributed by atoms with E-state index in [1.54, 1.807) is 0 Å². The van der Waals surface area contributed by atoms with Gasteiger partial charge in [-0.1, -0.05) is 0 Å². The molecule has 7 nitrogen and oxygen atoms in total. The van der Waals surface area contributed by atoms with Crippen molar-refractivity contribution in [1.29, 1.82) is 0 Å². The van der Waals surface area contributed by atoms with E-state index in [9.17, 15) is 27.2 Å². The molecule has 3 aromatic carbocycles. The number of rotatable bonds is 7. The molecule has 0 radical (unpaired) electrons. The van der Waals surface area contributed by atoms with Crippen molar-refractivity contribution < 1.29 is 41.4 Å². The fraction of sp³-hybridized carbons (Fsp3) is 0.130. The van der Waals surface area contributed by atoms with Gasteiger partial charge in [0.25, 0.3) is 11.8 Å². The molecule has 0 spiro atoms. The molecule has 0 saturated heterocycles. The molecule has 2 amide bonds. The van der Waals surface area contributed by atoms with Gasteiger partial charge in [0.05, 0.1) is 26.9 Å². The molecule has 2 N–H and O–H groups in total. The summed E-state index contributed by atoms with van der Waals surface area (Å²) in [5.41, 5.74) is -1.92. The van der Waals surface area contributed by atoms with E-state index in [1.165, 1.54) is 33.5 Å². The Hall–Kier alpha value is -4.28. The number of carbonyl (C=O) groups is 2. The first-order chi connectivity index (χ1) is 16.2. The zero-order valence-electron chi connectivity index (χ0n) is 18.1. The molecular weight excluding hydrogens is 460 g/mol. The van der Waals surface area contributed by atoms with Crippen LogP contribution in [0.1, 0.15) is 20.7 Å². The molecule has 0 aliphatic heterocycles. The Morgan fingerprint density at radius 2 is 1.09 bits per heavy atom. The van der Waals surface area contributed by atoms with Crippen molar-refractivity contribution in [2.45, 2.75) is 0 Å². The molecule has 0 aliphatic carbocycles. The van der Waals surface area contributed by atoms with Crippen LogP contribution in [0.5, 0.6) is 17.2 Å². The van der Waals surface area contributed by atoms with E-state index in [2.05, 4.69) is 10.6 Å².